The molecular formula is C12H19N3O. The number of aliphatic hydroxyl groups is 1. The monoisotopic (exact) mass is 221 g/mol. The Morgan fingerprint density at radius 1 is 1.38 bits per heavy atom. The van der Waals surface area contributed by atoms with Crippen molar-refractivity contribution in [1.82, 2.24) is 10.2 Å². The maximum atomic E-state index is 8.90. The Balaban J connectivity index is 2.00. The van der Waals surface area contributed by atoms with Crippen LogP contribution in [0.4, 0.5) is 5.82 Å². The van der Waals surface area contributed by atoms with Gasteiger partial charge >= 0.3 is 0 Å². The first-order valence-corrected chi connectivity index (χ1v) is 6.02. The molecule has 1 aliphatic carbocycles. The number of anilines is 1. The van der Waals surface area contributed by atoms with E-state index in [0.29, 0.717) is 5.69 Å². The van der Waals surface area contributed by atoms with E-state index in [1.54, 1.807) is 0 Å². The third kappa shape index (κ3) is 2.50. The Labute approximate surface area is 96.3 Å². The van der Waals surface area contributed by atoms with E-state index < -0.39 is 0 Å². The topological polar surface area (TPSA) is 49.2 Å². The van der Waals surface area contributed by atoms with Crippen molar-refractivity contribution in [1.29, 1.82) is 0 Å². The third-order valence-corrected chi connectivity index (χ3v) is 3.28. The molecule has 0 aromatic carbocycles. The van der Waals surface area contributed by atoms with Crippen molar-refractivity contribution in [3.8, 4) is 0 Å². The van der Waals surface area contributed by atoms with E-state index in [0.717, 1.165) is 24.8 Å². The molecule has 1 aromatic rings. The zero-order valence-corrected chi connectivity index (χ0v) is 9.76. The van der Waals surface area contributed by atoms with Crippen LogP contribution in [0.3, 0.4) is 0 Å². The van der Waals surface area contributed by atoms with E-state index in [2.05, 4.69) is 22.0 Å². The van der Waals surface area contributed by atoms with Crippen LogP contribution in [0.15, 0.2) is 12.1 Å². The van der Waals surface area contributed by atoms with Crippen molar-refractivity contribution < 1.29 is 5.11 Å². The fraction of sp³-hybridized carbons (Fsp3) is 0.667. The predicted octanol–water partition coefficient (Wildman–Crippen LogP) is 1.60. The van der Waals surface area contributed by atoms with E-state index in [-0.39, 0.29) is 6.61 Å². The van der Waals surface area contributed by atoms with Gasteiger partial charge in [0.2, 0.25) is 0 Å². The summed E-state index contributed by atoms with van der Waals surface area (Å²) in [7, 11) is 0. The van der Waals surface area contributed by atoms with Gasteiger partial charge in [-0.2, -0.15) is 5.10 Å². The number of hydrogen-bond acceptors (Lipinski definition) is 4. The van der Waals surface area contributed by atoms with E-state index in [9.17, 15) is 0 Å². The summed E-state index contributed by atoms with van der Waals surface area (Å²) in [5.41, 5.74) is 0.628. The molecule has 0 atom stereocenters. The van der Waals surface area contributed by atoms with Gasteiger partial charge in [-0.15, -0.1) is 5.10 Å². The first-order valence-electron chi connectivity index (χ1n) is 6.02. The van der Waals surface area contributed by atoms with Gasteiger partial charge in [-0.05, 0) is 37.8 Å². The second-order valence-electron chi connectivity index (χ2n) is 4.38. The molecule has 1 fully saturated rings. The van der Waals surface area contributed by atoms with Crippen LogP contribution < -0.4 is 4.90 Å². The van der Waals surface area contributed by atoms with E-state index in [4.69, 9.17) is 5.11 Å². The van der Waals surface area contributed by atoms with Crippen LogP contribution in [-0.2, 0) is 6.61 Å². The Morgan fingerprint density at radius 2 is 2.19 bits per heavy atom. The molecule has 0 radical (unpaired) electrons. The van der Waals surface area contributed by atoms with Gasteiger partial charge in [0.05, 0.1) is 12.3 Å². The molecule has 0 spiro atoms. The summed E-state index contributed by atoms with van der Waals surface area (Å²) in [6, 6.07) is 3.78. The summed E-state index contributed by atoms with van der Waals surface area (Å²) < 4.78 is 0. The molecule has 0 unspecified atom stereocenters. The molecule has 1 aromatic heterocycles. The third-order valence-electron chi connectivity index (χ3n) is 3.28. The average molecular weight is 221 g/mol. The summed E-state index contributed by atoms with van der Waals surface area (Å²) >= 11 is 0. The normalized spacial score (nSPS) is 15.9. The Bertz CT molecular complexity index is 322. The maximum absolute atomic E-state index is 8.90. The summed E-state index contributed by atoms with van der Waals surface area (Å²) in [6.07, 6.45) is 4.06. The van der Waals surface area contributed by atoms with Crippen LogP contribution in [0.1, 0.15) is 31.9 Å². The van der Waals surface area contributed by atoms with Crippen LogP contribution in [0.25, 0.3) is 0 Å². The Hall–Kier alpha value is -1.16. The molecule has 0 bridgehead atoms. The molecule has 88 valence electrons. The molecule has 4 heteroatoms. The molecule has 0 amide bonds. The van der Waals surface area contributed by atoms with Crippen molar-refractivity contribution in [2.75, 3.05) is 18.0 Å². The first-order chi connectivity index (χ1) is 7.83. The lowest BCUT2D eigenvalue weighted by Gasteiger charge is -2.32. The van der Waals surface area contributed by atoms with Crippen LogP contribution in [0.5, 0.6) is 0 Å². The summed E-state index contributed by atoms with van der Waals surface area (Å²) in [6.45, 7) is 4.15. The van der Waals surface area contributed by atoms with E-state index in [1.165, 1.54) is 19.3 Å². The van der Waals surface area contributed by atoms with Gasteiger partial charge in [0.15, 0.2) is 5.82 Å². The molecule has 0 saturated heterocycles. The van der Waals surface area contributed by atoms with E-state index >= 15 is 0 Å². The highest BCUT2D eigenvalue weighted by molar-refractivity contribution is 5.37. The van der Waals surface area contributed by atoms with Gasteiger partial charge < -0.3 is 10.0 Å². The lowest BCUT2D eigenvalue weighted by Crippen LogP contribution is -2.33. The molecule has 1 heterocycles. The molecule has 1 N–H and O–H groups in total. The van der Waals surface area contributed by atoms with Crippen molar-refractivity contribution >= 4 is 5.82 Å². The molecule has 0 aliphatic heterocycles. The molecule has 2 rings (SSSR count). The minimum atomic E-state index is -0.0397. The van der Waals surface area contributed by atoms with Crippen molar-refractivity contribution in [3.05, 3.63) is 17.8 Å². The first kappa shape index (κ1) is 11.3. The van der Waals surface area contributed by atoms with Gasteiger partial charge in [-0.1, -0.05) is 6.42 Å². The summed E-state index contributed by atoms with van der Waals surface area (Å²) in [4.78, 5) is 2.26. The highest BCUT2D eigenvalue weighted by Gasteiger charge is 2.20. The second-order valence-corrected chi connectivity index (χ2v) is 4.38. The summed E-state index contributed by atoms with van der Waals surface area (Å²) in [5, 5.41) is 17.0. The van der Waals surface area contributed by atoms with Gasteiger partial charge in [-0.25, -0.2) is 0 Å². The van der Waals surface area contributed by atoms with E-state index in [1.807, 2.05) is 12.1 Å². The highest BCUT2D eigenvalue weighted by atomic mass is 16.3. The Kier molecular flexibility index (Phi) is 3.72. The molecular weight excluding hydrogens is 202 g/mol. The van der Waals surface area contributed by atoms with Gasteiger partial charge in [0.1, 0.15) is 0 Å². The summed E-state index contributed by atoms with van der Waals surface area (Å²) in [5.74, 6) is 1.76. The Morgan fingerprint density at radius 3 is 2.62 bits per heavy atom. The molecule has 1 saturated carbocycles. The van der Waals surface area contributed by atoms with Gasteiger partial charge in [-0.3, -0.25) is 0 Å². The number of rotatable bonds is 5. The smallest absolute Gasteiger partial charge is 0.151 e. The lowest BCUT2D eigenvalue weighted by molar-refractivity contribution is 0.275. The number of aromatic nitrogens is 2. The fourth-order valence-electron chi connectivity index (χ4n) is 1.98. The van der Waals surface area contributed by atoms with Crippen molar-refractivity contribution in [2.24, 2.45) is 5.92 Å². The largest absolute Gasteiger partial charge is 0.390 e. The van der Waals surface area contributed by atoms with Crippen LogP contribution in [-0.4, -0.2) is 28.4 Å². The van der Waals surface area contributed by atoms with Gasteiger partial charge in [0.25, 0.3) is 0 Å². The van der Waals surface area contributed by atoms with Crippen LogP contribution in [0, 0.1) is 5.92 Å². The minimum Gasteiger partial charge on any atom is -0.390 e. The number of nitrogens with zero attached hydrogens (tertiary/aromatic N) is 3. The minimum absolute atomic E-state index is 0.0397. The van der Waals surface area contributed by atoms with Gasteiger partial charge in [0, 0.05) is 13.1 Å². The maximum Gasteiger partial charge on any atom is 0.151 e. The highest BCUT2D eigenvalue weighted by Crippen LogP contribution is 2.28. The predicted molar refractivity (Wildman–Crippen MR) is 63.2 cm³/mol. The fourth-order valence-corrected chi connectivity index (χ4v) is 1.98. The lowest BCUT2D eigenvalue weighted by atomic mass is 9.85. The molecule has 1 aliphatic rings. The average Bonchev–Trinajstić information content (AvgIpc) is 2.28. The number of hydrogen-bond donors (Lipinski definition) is 1. The zero-order chi connectivity index (χ0) is 11.4. The zero-order valence-electron chi connectivity index (χ0n) is 9.76. The molecule has 16 heavy (non-hydrogen) atoms. The van der Waals surface area contributed by atoms with Crippen LogP contribution >= 0.6 is 0 Å². The second kappa shape index (κ2) is 5.25. The van der Waals surface area contributed by atoms with Crippen molar-refractivity contribution in [3.63, 3.8) is 0 Å². The van der Waals surface area contributed by atoms with Crippen molar-refractivity contribution in [2.45, 2.75) is 32.8 Å². The molecule has 4 nitrogen and oxygen atoms in total. The van der Waals surface area contributed by atoms with Crippen LogP contribution in [0.2, 0.25) is 0 Å². The standard InChI is InChI=1S/C12H19N3O/c1-2-15(8-10-4-3-5-10)12-7-6-11(9-16)13-14-12/h6-7,10,16H,2-5,8-9H2,1H3. The SMILES string of the molecule is CCN(CC1CCC1)c1ccc(CO)nn1. The quantitative estimate of drug-likeness (QED) is 0.820. The number of aliphatic hydroxyl groups excluding tert-OH is 1.